The first-order valence-electron chi connectivity index (χ1n) is 5.62. The van der Waals surface area contributed by atoms with Crippen LogP contribution in [0.3, 0.4) is 0 Å². The number of carbonyl (C=O) groups is 2. The Morgan fingerprint density at radius 1 is 1.30 bits per heavy atom. The molecule has 1 heterocycles. The summed E-state index contributed by atoms with van der Waals surface area (Å²) < 4.78 is 15.9. The first kappa shape index (κ1) is 14.3. The summed E-state index contributed by atoms with van der Waals surface area (Å²) in [6.45, 7) is 0. The standard InChI is InChI=1S/C14H11BrO5/c1-18-13-6-10(14(17)19-2)9(5-11(13)15)12-4-3-8(7-16)20-12/h3-7H,1-2H3. The molecule has 6 heteroatoms. The fraction of sp³-hybridized carbons (Fsp3) is 0.143. The SMILES string of the molecule is COC(=O)c1cc(OC)c(Br)cc1-c1ccc(C=O)o1. The quantitative estimate of drug-likeness (QED) is 0.632. The van der Waals surface area contributed by atoms with Crippen molar-refractivity contribution in [3.8, 4) is 17.1 Å². The van der Waals surface area contributed by atoms with Gasteiger partial charge in [-0.1, -0.05) is 0 Å². The summed E-state index contributed by atoms with van der Waals surface area (Å²) in [6, 6.07) is 6.37. The van der Waals surface area contributed by atoms with E-state index in [-0.39, 0.29) is 5.76 Å². The van der Waals surface area contributed by atoms with Crippen LogP contribution in [-0.2, 0) is 4.74 Å². The first-order valence-corrected chi connectivity index (χ1v) is 6.41. The second-order valence-corrected chi connectivity index (χ2v) is 4.70. The highest BCUT2D eigenvalue weighted by Gasteiger charge is 2.19. The maximum Gasteiger partial charge on any atom is 0.338 e. The number of furan rings is 1. The Balaban J connectivity index is 2.63. The van der Waals surface area contributed by atoms with Gasteiger partial charge in [-0.15, -0.1) is 0 Å². The van der Waals surface area contributed by atoms with Crippen LogP contribution in [0.2, 0.25) is 0 Å². The van der Waals surface area contributed by atoms with Crippen LogP contribution in [0.1, 0.15) is 20.9 Å². The third-order valence-electron chi connectivity index (χ3n) is 2.71. The summed E-state index contributed by atoms with van der Waals surface area (Å²) >= 11 is 3.35. The lowest BCUT2D eigenvalue weighted by Crippen LogP contribution is -2.04. The summed E-state index contributed by atoms with van der Waals surface area (Å²) in [6.07, 6.45) is 0.597. The fourth-order valence-electron chi connectivity index (χ4n) is 1.75. The molecule has 0 spiro atoms. The van der Waals surface area contributed by atoms with Crippen LogP contribution in [0, 0.1) is 0 Å². The van der Waals surface area contributed by atoms with Crippen LogP contribution >= 0.6 is 15.9 Å². The molecule has 0 N–H and O–H groups in total. The largest absolute Gasteiger partial charge is 0.496 e. The molecule has 5 nitrogen and oxygen atoms in total. The van der Waals surface area contributed by atoms with Crippen molar-refractivity contribution in [2.24, 2.45) is 0 Å². The second-order valence-electron chi connectivity index (χ2n) is 3.84. The van der Waals surface area contributed by atoms with Gasteiger partial charge in [0.2, 0.25) is 0 Å². The number of halogens is 1. The van der Waals surface area contributed by atoms with Gasteiger partial charge in [0.25, 0.3) is 0 Å². The minimum atomic E-state index is -0.519. The zero-order valence-corrected chi connectivity index (χ0v) is 12.4. The smallest absolute Gasteiger partial charge is 0.338 e. The van der Waals surface area contributed by atoms with Crippen molar-refractivity contribution in [1.29, 1.82) is 0 Å². The van der Waals surface area contributed by atoms with E-state index in [0.717, 1.165) is 0 Å². The summed E-state index contributed by atoms with van der Waals surface area (Å²) in [5, 5.41) is 0. The molecule has 0 bridgehead atoms. The molecule has 0 aliphatic heterocycles. The molecule has 1 aromatic heterocycles. The summed E-state index contributed by atoms with van der Waals surface area (Å²) in [4.78, 5) is 22.5. The van der Waals surface area contributed by atoms with Crippen LogP contribution in [-0.4, -0.2) is 26.5 Å². The third-order valence-corrected chi connectivity index (χ3v) is 3.33. The van der Waals surface area contributed by atoms with E-state index in [9.17, 15) is 9.59 Å². The maximum atomic E-state index is 11.9. The highest BCUT2D eigenvalue weighted by Crippen LogP contribution is 2.35. The van der Waals surface area contributed by atoms with Gasteiger partial charge >= 0.3 is 5.97 Å². The molecule has 0 unspecified atom stereocenters. The zero-order valence-electron chi connectivity index (χ0n) is 10.8. The number of aldehydes is 1. The topological polar surface area (TPSA) is 65.7 Å². The Kier molecular flexibility index (Phi) is 4.24. The Labute approximate surface area is 123 Å². The highest BCUT2D eigenvalue weighted by molar-refractivity contribution is 9.10. The van der Waals surface area contributed by atoms with Crippen LogP contribution in [0.4, 0.5) is 0 Å². The van der Waals surface area contributed by atoms with Gasteiger partial charge in [0.15, 0.2) is 12.0 Å². The molecule has 0 amide bonds. The Bertz CT molecular complexity index is 660. The van der Waals surface area contributed by atoms with Gasteiger partial charge in [-0.3, -0.25) is 4.79 Å². The van der Waals surface area contributed by atoms with Gasteiger partial charge in [-0.25, -0.2) is 4.79 Å². The lowest BCUT2D eigenvalue weighted by molar-refractivity contribution is 0.0601. The lowest BCUT2D eigenvalue weighted by atomic mass is 10.0. The van der Waals surface area contributed by atoms with Crippen molar-refractivity contribution in [3.63, 3.8) is 0 Å². The van der Waals surface area contributed by atoms with E-state index in [1.807, 2.05) is 0 Å². The number of carbonyl (C=O) groups excluding carboxylic acids is 2. The van der Waals surface area contributed by atoms with Gasteiger partial charge in [-0.05, 0) is 40.2 Å². The van der Waals surface area contributed by atoms with E-state index in [1.165, 1.54) is 20.3 Å². The van der Waals surface area contributed by atoms with E-state index in [0.29, 0.717) is 33.4 Å². The van der Waals surface area contributed by atoms with Crippen molar-refractivity contribution < 1.29 is 23.5 Å². The van der Waals surface area contributed by atoms with Crippen LogP contribution < -0.4 is 4.74 Å². The van der Waals surface area contributed by atoms with Crippen molar-refractivity contribution in [3.05, 3.63) is 40.1 Å². The number of hydrogen-bond donors (Lipinski definition) is 0. The number of esters is 1. The number of ether oxygens (including phenoxy) is 2. The Hall–Kier alpha value is -2.08. The predicted molar refractivity (Wildman–Crippen MR) is 75.1 cm³/mol. The number of benzene rings is 1. The molecule has 0 atom stereocenters. The van der Waals surface area contributed by atoms with Crippen LogP contribution in [0.5, 0.6) is 5.75 Å². The van der Waals surface area contributed by atoms with Crippen molar-refractivity contribution in [2.75, 3.05) is 14.2 Å². The minimum absolute atomic E-state index is 0.183. The van der Waals surface area contributed by atoms with E-state index >= 15 is 0 Å². The maximum absolute atomic E-state index is 11.9. The van der Waals surface area contributed by atoms with Gasteiger partial charge in [0.1, 0.15) is 11.5 Å². The fourth-order valence-corrected chi connectivity index (χ4v) is 2.26. The molecule has 2 rings (SSSR count). The van der Waals surface area contributed by atoms with Gasteiger partial charge in [0.05, 0.1) is 24.3 Å². The summed E-state index contributed by atoms with van der Waals surface area (Å²) in [5.74, 6) is 0.560. The molecule has 0 saturated heterocycles. The van der Waals surface area contributed by atoms with E-state index in [4.69, 9.17) is 13.9 Å². The minimum Gasteiger partial charge on any atom is -0.496 e. The monoisotopic (exact) mass is 338 g/mol. The average Bonchev–Trinajstić information content (AvgIpc) is 2.95. The molecule has 1 aromatic carbocycles. The first-order chi connectivity index (χ1) is 9.60. The normalized spacial score (nSPS) is 10.2. The number of rotatable bonds is 4. The molecule has 0 aliphatic carbocycles. The molecule has 0 fully saturated rings. The van der Waals surface area contributed by atoms with Gasteiger partial charge in [-0.2, -0.15) is 0 Å². The Morgan fingerprint density at radius 2 is 2.05 bits per heavy atom. The van der Waals surface area contributed by atoms with Crippen LogP contribution in [0.25, 0.3) is 11.3 Å². The molecule has 0 saturated carbocycles. The van der Waals surface area contributed by atoms with Gasteiger partial charge < -0.3 is 13.9 Å². The van der Waals surface area contributed by atoms with Gasteiger partial charge in [0, 0.05) is 5.56 Å². The molecule has 104 valence electrons. The average molecular weight is 339 g/mol. The third kappa shape index (κ3) is 2.60. The van der Waals surface area contributed by atoms with Crippen LogP contribution in [0.15, 0.2) is 33.2 Å². The molecule has 20 heavy (non-hydrogen) atoms. The highest BCUT2D eigenvalue weighted by atomic mass is 79.9. The van der Waals surface area contributed by atoms with Crippen molar-refractivity contribution >= 4 is 28.2 Å². The van der Waals surface area contributed by atoms with Crippen molar-refractivity contribution in [1.82, 2.24) is 0 Å². The number of hydrogen-bond acceptors (Lipinski definition) is 5. The second kappa shape index (κ2) is 5.92. The summed E-state index contributed by atoms with van der Waals surface area (Å²) in [5.41, 5.74) is 0.803. The summed E-state index contributed by atoms with van der Waals surface area (Å²) in [7, 11) is 2.79. The van der Waals surface area contributed by atoms with E-state index in [2.05, 4.69) is 15.9 Å². The molecule has 0 aliphatic rings. The lowest BCUT2D eigenvalue weighted by Gasteiger charge is -2.10. The molecular weight excluding hydrogens is 328 g/mol. The molecule has 0 radical (unpaired) electrons. The van der Waals surface area contributed by atoms with Crippen molar-refractivity contribution in [2.45, 2.75) is 0 Å². The zero-order chi connectivity index (χ0) is 14.7. The Morgan fingerprint density at radius 3 is 2.60 bits per heavy atom. The molecular formula is C14H11BrO5. The molecule has 2 aromatic rings. The number of methoxy groups -OCH3 is 2. The van der Waals surface area contributed by atoms with E-state index < -0.39 is 5.97 Å². The predicted octanol–water partition coefficient (Wildman–Crippen LogP) is 3.32. The van der Waals surface area contributed by atoms with E-state index in [1.54, 1.807) is 18.2 Å².